The van der Waals surface area contributed by atoms with Crippen LogP contribution < -0.4 is 11.1 Å². The van der Waals surface area contributed by atoms with E-state index in [1.54, 1.807) is 12.1 Å². The summed E-state index contributed by atoms with van der Waals surface area (Å²) in [5.41, 5.74) is 6.95. The van der Waals surface area contributed by atoms with E-state index in [1.165, 1.54) is 6.42 Å². The molecule has 0 atom stereocenters. The van der Waals surface area contributed by atoms with E-state index in [0.717, 1.165) is 23.7 Å². The minimum absolute atomic E-state index is 0.0150. The van der Waals surface area contributed by atoms with Gasteiger partial charge in [0.1, 0.15) is 0 Å². The second-order valence-corrected chi connectivity index (χ2v) is 5.54. The van der Waals surface area contributed by atoms with Crippen LogP contribution in [-0.2, 0) is 0 Å². The van der Waals surface area contributed by atoms with Gasteiger partial charge in [0.25, 0.3) is 5.91 Å². The summed E-state index contributed by atoms with van der Waals surface area (Å²) in [4.78, 5) is 12.2. The summed E-state index contributed by atoms with van der Waals surface area (Å²) in [5, 5.41) is 3.14. The number of hydrogen-bond donors (Lipinski definition) is 2. The molecule has 0 spiro atoms. The fourth-order valence-electron chi connectivity index (χ4n) is 2.20. The Morgan fingerprint density at radius 1 is 1.53 bits per heavy atom. The maximum atomic E-state index is 12.2. The van der Waals surface area contributed by atoms with Gasteiger partial charge in [-0.05, 0) is 59.8 Å². The third-order valence-electron chi connectivity index (χ3n) is 3.60. The first-order valence-electron chi connectivity index (χ1n) is 5.94. The van der Waals surface area contributed by atoms with Crippen LogP contribution in [0.5, 0.6) is 0 Å². The molecule has 4 heteroatoms. The Morgan fingerprint density at radius 2 is 2.24 bits per heavy atom. The highest BCUT2D eigenvalue weighted by Crippen LogP contribution is 2.35. The minimum Gasteiger partial charge on any atom is -0.399 e. The van der Waals surface area contributed by atoms with Crippen molar-refractivity contribution >= 4 is 27.5 Å². The lowest BCUT2D eigenvalue weighted by Gasteiger charge is -2.42. The van der Waals surface area contributed by atoms with Crippen molar-refractivity contribution in [1.82, 2.24) is 5.32 Å². The number of carbonyl (C=O) groups is 1. The average molecular weight is 297 g/mol. The van der Waals surface area contributed by atoms with Gasteiger partial charge in [0, 0.05) is 15.7 Å². The Bertz CT molecular complexity index is 436. The molecule has 1 aromatic carbocycles. The molecule has 3 N–H and O–H groups in total. The monoisotopic (exact) mass is 296 g/mol. The van der Waals surface area contributed by atoms with Gasteiger partial charge >= 0.3 is 0 Å². The maximum Gasteiger partial charge on any atom is 0.252 e. The number of carbonyl (C=O) groups excluding carboxylic acids is 1. The van der Waals surface area contributed by atoms with Crippen molar-refractivity contribution in [3.05, 3.63) is 28.2 Å². The zero-order valence-corrected chi connectivity index (χ0v) is 11.5. The number of amides is 1. The Balaban J connectivity index is 2.17. The van der Waals surface area contributed by atoms with Crippen molar-refractivity contribution in [3.63, 3.8) is 0 Å². The molecule has 1 aromatic rings. The van der Waals surface area contributed by atoms with Crippen molar-refractivity contribution < 1.29 is 4.79 Å². The molecule has 3 nitrogen and oxygen atoms in total. The molecular weight excluding hydrogens is 280 g/mol. The topological polar surface area (TPSA) is 55.1 Å². The number of benzene rings is 1. The number of anilines is 1. The summed E-state index contributed by atoms with van der Waals surface area (Å²) >= 11 is 3.38. The van der Waals surface area contributed by atoms with Gasteiger partial charge < -0.3 is 11.1 Å². The van der Waals surface area contributed by atoms with Gasteiger partial charge in [0.05, 0.1) is 5.56 Å². The largest absolute Gasteiger partial charge is 0.399 e. The average Bonchev–Trinajstić information content (AvgIpc) is 2.26. The van der Waals surface area contributed by atoms with Crippen LogP contribution >= 0.6 is 15.9 Å². The van der Waals surface area contributed by atoms with E-state index in [4.69, 9.17) is 5.73 Å². The van der Waals surface area contributed by atoms with Gasteiger partial charge in [-0.1, -0.05) is 6.92 Å². The molecule has 0 heterocycles. The number of halogens is 1. The molecule has 0 unspecified atom stereocenters. The van der Waals surface area contributed by atoms with E-state index in [0.29, 0.717) is 11.3 Å². The van der Waals surface area contributed by atoms with Crippen molar-refractivity contribution in [2.45, 2.75) is 38.1 Å². The van der Waals surface area contributed by atoms with Gasteiger partial charge in [-0.2, -0.15) is 0 Å². The number of hydrogen-bond acceptors (Lipinski definition) is 2. The molecular formula is C13H17BrN2O. The molecule has 0 bridgehead atoms. The summed E-state index contributed by atoms with van der Waals surface area (Å²) in [5.74, 6) is -0.0364. The Hall–Kier alpha value is -1.03. The predicted octanol–water partition coefficient (Wildman–Crippen LogP) is 3.09. The zero-order valence-electron chi connectivity index (χ0n) is 9.92. The molecule has 0 aliphatic heterocycles. The highest BCUT2D eigenvalue weighted by atomic mass is 79.9. The molecule has 1 amide bonds. The highest BCUT2D eigenvalue weighted by Gasteiger charge is 2.36. The van der Waals surface area contributed by atoms with Crippen LogP contribution in [0, 0.1) is 0 Å². The van der Waals surface area contributed by atoms with E-state index < -0.39 is 0 Å². The second-order valence-electron chi connectivity index (χ2n) is 4.68. The summed E-state index contributed by atoms with van der Waals surface area (Å²) in [6.45, 7) is 2.12. The molecule has 1 aliphatic rings. The zero-order chi connectivity index (χ0) is 12.5. The van der Waals surface area contributed by atoms with Crippen molar-refractivity contribution in [2.24, 2.45) is 0 Å². The first kappa shape index (κ1) is 12.4. The lowest BCUT2D eigenvalue weighted by Crippen LogP contribution is -2.53. The summed E-state index contributed by atoms with van der Waals surface area (Å²) in [6.07, 6.45) is 4.34. The number of rotatable bonds is 3. The van der Waals surface area contributed by atoms with Crippen LogP contribution in [0.1, 0.15) is 43.0 Å². The molecule has 0 aromatic heterocycles. The SMILES string of the molecule is CCC1(NC(=O)c2cc(N)ccc2Br)CCC1. The summed E-state index contributed by atoms with van der Waals surface area (Å²) < 4.78 is 0.787. The molecule has 1 saturated carbocycles. The van der Waals surface area contributed by atoms with E-state index in [1.807, 2.05) is 6.07 Å². The first-order chi connectivity index (χ1) is 8.06. The molecule has 0 saturated heterocycles. The third-order valence-corrected chi connectivity index (χ3v) is 4.29. The fraction of sp³-hybridized carbons (Fsp3) is 0.462. The molecule has 92 valence electrons. The van der Waals surface area contributed by atoms with Crippen LogP contribution in [0.25, 0.3) is 0 Å². The van der Waals surface area contributed by atoms with E-state index >= 15 is 0 Å². The van der Waals surface area contributed by atoms with Crippen LogP contribution in [0.15, 0.2) is 22.7 Å². The Labute approximate surface area is 110 Å². The Kier molecular flexibility index (Phi) is 3.43. The normalized spacial score (nSPS) is 17.3. The Morgan fingerprint density at radius 3 is 2.76 bits per heavy atom. The minimum atomic E-state index is -0.0364. The van der Waals surface area contributed by atoms with Gasteiger partial charge in [0.15, 0.2) is 0 Å². The van der Waals surface area contributed by atoms with Crippen molar-refractivity contribution in [1.29, 1.82) is 0 Å². The lowest BCUT2D eigenvalue weighted by molar-refractivity contribution is 0.0819. The highest BCUT2D eigenvalue weighted by molar-refractivity contribution is 9.10. The van der Waals surface area contributed by atoms with Gasteiger partial charge in [-0.3, -0.25) is 4.79 Å². The van der Waals surface area contributed by atoms with E-state index in [9.17, 15) is 4.79 Å². The molecule has 17 heavy (non-hydrogen) atoms. The molecule has 0 radical (unpaired) electrons. The fourth-order valence-corrected chi connectivity index (χ4v) is 2.62. The number of nitrogen functional groups attached to an aromatic ring is 1. The standard InChI is InChI=1S/C13H17BrN2O/c1-2-13(6-3-7-13)16-12(17)10-8-9(15)4-5-11(10)14/h4-5,8H,2-3,6-7,15H2,1H3,(H,16,17). The smallest absolute Gasteiger partial charge is 0.252 e. The second kappa shape index (κ2) is 4.69. The van der Waals surface area contributed by atoms with Crippen molar-refractivity contribution in [2.75, 3.05) is 5.73 Å². The first-order valence-corrected chi connectivity index (χ1v) is 6.73. The number of nitrogens with one attached hydrogen (secondary N) is 1. The van der Waals surface area contributed by atoms with E-state index in [2.05, 4.69) is 28.2 Å². The van der Waals surface area contributed by atoms with Crippen LogP contribution in [0.2, 0.25) is 0 Å². The maximum absolute atomic E-state index is 12.2. The molecule has 2 rings (SSSR count). The van der Waals surface area contributed by atoms with Crippen LogP contribution in [0.3, 0.4) is 0 Å². The summed E-state index contributed by atoms with van der Waals surface area (Å²) in [7, 11) is 0. The van der Waals surface area contributed by atoms with Crippen LogP contribution in [0.4, 0.5) is 5.69 Å². The van der Waals surface area contributed by atoms with Gasteiger partial charge in [-0.15, -0.1) is 0 Å². The number of nitrogens with two attached hydrogens (primary N) is 1. The molecule has 1 aliphatic carbocycles. The lowest BCUT2D eigenvalue weighted by atomic mass is 9.74. The predicted molar refractivity (Wildman–Crippen MR) is 72.9 cm³/mol. The van der Waals surface area contributed by atoms with Gasteiger partial charge in [0.2, 0.25) is 0 Å². The van der Waals surface area contributed by atoms with Crippen LogP contribution in [-0.4, -0.2) is 11.4 Å². The summed E-state index contributed by atoms with van der Waals surface area (Å²) in [6, 6.07) is 5.30. The molecule has 1 fully saturated rings. The van der Waals surface area contributed by atoms with E-state index in [-0.39, 0.29) is 11.4 Å². The van der Waals surface area contributed by atoms with Crippen molar-refractivity contribution in [3.8, 4) is 0 Å². The third kappa shape index (κ3) is 2.46. The van der Waals surface area contributed by atoms with Gasteiger partial charge in [-0.25, -0.2) is 0 Å². The quantitative estimate of drug-likeness (QED) is 0.842.